The van der Waals surface area contributed by atoms with Crippen LogP contribution >= 0.6 is 0 Å². The molecule has 0 saturated carbocycles. The Balaban J connectivity index is 3.69. The molecule has 0 heterocycles. The van der Waals surface area contributed by atoms with Crippen molar-refractivity contribution in [2.24, 2.45) is 5.41 Å². The minimum atomic E-state index is -0.0262. The lowest BCUT2D eigenvalue weighted by Crippen LogP contribution is -2.33. The average molecular weight is 199 g/mol. The molecular formula is C11H21NO2. The monoisotopic (exact) mass is 199 g/mol. The summed E-state index contributed by atoms with van der Waals surface area (Å²) >= 11 is 0. The Morgan fingerprint density at radius 2 is 1.79 bits per heavy atom. The van der Waals surface area contributed by atoms with Gasteiger partial charge in [0.25, 0.3) is 0 Å². The van der Waals surface area contributed by atoms with Gasteiger partial charge in [-0.3, -0.25) is 4.79 Å². The van der Waals surface area contributed by atoms with Crippen molar-refractivity contribution in [3.63, 3.8) is 0 Å². The third-order valence-electron chi connectivity index (χ3n) is 2.43. The zero-order valence-electron chi connectivity index (χ0n) is 9.64. The van der Waals surface area contributed by atoms with Crippen molar-refractivity contribution < 1.29 is 9.59 Å². The fraction of sp³-hybridized carbons (Fsp3) is 0.818. The molecule has 0 fully saturated rings. The van der Waals surface area contributed by atoms with Crippen LogP contribution in [0, 0.1) is 5.41 Å². The van der Waals surface area contributed by atoms with Gasteiger partial charge in [-0.05, 0) is 18.8 Å². The van der Waals surface area contributed by atoms with Crippen LogP contribution in [-0.4, -0.2) is 18.2 Å². The number of ketones is 1. The first-order valence-electron chi connectivity index (χ1n) is 5.13. The maximum Gasteiger partial charge on any atom is 0.220 e. The third kappa shape index (κ3) is 6.63. The summed E-state index contributed by atoms with van der Waals surface area (Å²) in [4.78, 5) is 21.9. The summed E-state index contributed by atoms with van der Waals surface area (Å²) in [5.41, 5.74) is 0.145. The van der Waals surface area contributed by atoms with E-state index in [0.29, 0.717) is 19.4 Å². The van der Waals surface area contributed by atoms with E-state index in [2.05, 4.69) is 26.1 Å². The number of hydrogen-bond donors (Lipinski definition) is 1. The number of Topliss-reactive ketones (excluding diaryl/α,β-unsaturated/α-hetero) is 1. The van der Waals surface area contributed by atoms with Crippen LogP contribution in [0.4, 0.5) is 0 Å². The van der Waals surface area contributed by atoms with Gasteiger partial charge in [0.2, 0.25) is 5.91 Å². The van der Waals surface area contributed by atoms with Gasteiger partial charge >= 0.3 is 0 Å². The maximum atomic E-state index is 11.2. The quantitative estimate of drug-likeness (QED) is 0.710. The van der Waals surface area contributed by atoms with E-state index in [4.69, 9.17) is 0 Å². The summed E-state index contributed by atoms with van der Waals surface area (Å²) in [5, 5.41) is 2.84. The maximum absolute atomic E-state index is 11.2. The van der Waals surface area contributed by atoms with Crippen LogP contribution in [0.25, 0.3) is 0 Å². The second kappa shape index (κ2) is 5.78. The summed E-state index contributed by atoms with van der Waals surface area (Å²) in [6.45, 7) is 8.50. The zero-order chi connectivity index (χ0) is 11.2. The highest BCUT2D eigenvalue weighted by atomic mass is 16.2. The van der Waals surface area contributed by atoms with E-state index in [9.17, 15) is 9.59 Å². The molecule has 0 aliphatic heterocycles. The number of carbonyl (C=O) groups is 2. The second-order valence-corrected chi connectivity index (χ2v) is 4.50. The highest BCUT2D eigenvalue weighted by molar-refractivity contribution is 5.83. The minimum absolute atomic E-state index is 0.0262. The van der Waals surface area contributed by atoms with Crippen LogP contribution in [0.15, 0.2) is 0 Å². The number of nitrogens with one attached hydrogen (secondary N) is 1. The van der Waals surface area contributed by atoms with Crippen molar-refractivity contribution >= 4 is 11.7 Å². The first kappa shape index (κ1) is 13.1. The summed E-state index contributed by atoms with van der Waals surface area (Å²) in [6, 6.07) is 0. The van der Waals surface area contributed by atoms with E-state index >= 15 is 0 Å². The topological polar surface area (TPSA) is 46.2 Å². The van der Waals surface area contributed by atoms with Gasteiger partial charge in [0.05, 0.1) is 0 Å². The van der Waals surface area contributed by atoms with Gasteiger partial charge in [0, 0.05) is 19.4 Å². The van der Waals surface area contributed by atoms with Gasteiger partial charge in [-0.25, -0.2) is 0 Å². The third-order valence-corrected chi connectivity index (χ3v) is 2.43. The smallest absolute Gasteiger partial charge is 0.220 e. The van der Waals surface area contributed by atoms with Crippen molar-refractivity contribution in [3.05, 3.63) is 0 Å². The van der Waals surface area contributed by atoms with E-state index in [1.807, 2.05) is 0 Å². The van der Waals surface area contributed by atoms with Crippen molar-refractivity contribution in [1.82, 2.24) is 5.32 Å². The van der Waals surface area contributed by atoms with Gasteiger partial charge in [0.1, 0.15) is 5.78 Å². The fourth-order valence-electron chi connectivity index (χ4n) is 0.841. The average Bonchev–Trinajstić information content (AvgIpc) is 2.11. The van der Waals surface area contributed by atoms with E-state index < -0.39 is 0 Å². The molecule has 0 aliphatic carbocycles. The van der Waals surface area contributed by atoms with E-state index in [0.717, 1.165) is 6.42 Å². The molecule has 0 aromatic heterocycles. The molecule has 1 N–H and O–H groups in total. The minimum Gasteiger partial charge on any atom is -0.356 e. The predicted octanol–water partition coefficient (Wildman–Crippen LogP) is 1.91. The molecule has 0 bridgehead atoms. The molecule has 82 valence electrons. The number of carbonyl (C=O) groups excluding carboxylic acids is 2. The first-order chi connectivity index (χ1) is 6.37. The molecule has 0 aromatic carbocycles. The summed E-state index contributed by atoms with van der Waals surface area (Å²) in [7, 11) is 0. The molecule has 0 radical (unpaired) electrons. The number of hydrogen-bond acceptors (Lipinski definition) is 2. The Bertz CT molecular complexity index is 209. The normalized spacial score (nSPS) is 11.1. The summed E-state index contributed by atoms with van der Waals surface area (Å²) < 4.78 is 0. The molecule has 0 atom stereocenters. The number of amides is 1. The van der Waals surface area contributed by atoms with Crippen LogP contribution in [0.5, 0.6) is 0 Å². The van der Waals surface area contributed by atoms with Crippen molar-refractivity contribution in [1.29, 1.82) is 0 Å². The molecule has 0 unspecified atom stereocenters. The largest absolute Gasteiger partial charge is 0.356 e. The summed E-state index contributed by atoms with van der Waals surface area (Å²) in [5.74, 6) is 0.0385. The molecule has 0 rings (SSSR count). The van der Waals surface area contributed by atoms with Gasteiger partial charge < -0.3 is 10.1 Å². The highest BCUT2D eigenvalue weighted by Gasteiger charge is 2.15. The van der Waals surface area contributed by atoms with Crippen LogP contribution in [0.3, 0.4) is 0 Å². The van der Waals surface area contributed by atoms with Crippen LogP contribution < -0.4 is 5.32 Å². The van der Waals surface area contributed by atoms with Gasteiger partial charge in [-0.1, -0.05) is 20.8 Å². The van der Waals surface area contributed by atoms with Crippen molar-refractivity contribution in [3.8, 4) is 0 Å². The van der Waals surface area contributed by atoms with Crippen LogP contribution in [-0.2, 0) is 9.59 Å². The van der Waals surface area contributed by atoms with Crippen molar-refractivity contribution in [2.45, 2.75) is 47.0 Å². The standard InChI is InChI=1S/C11H21NO2/c1-5-11(3,4)8-12-10(14)7-6-9(2)13/h5-8H2,1-4H3,(H,12,14). The summed E-state index contributed by atoms with van der Waals surface area (Å²) in [6.07, 6.45) is 1.69. The zero-order valence-corrected chi connectivity index (χ0v) is 9.64. The Hall–Kier alpha value is -0.860. The predicted molar refractivity (Wildman–Crippen MR) is 57.0 cm³/mol. The molecule has 0 aromatic rings. The SMILES string of the molecule is CCC(C)(C)CNC(=O)CCC(C)=O. The first-order valence-corrected chi connectivity index (χ1v) is 5.13. The Morgan fingerprint density at radius 3 is 2.21 bits per heavy atom. The molecule has 1 amide bonds. The Morgan fingerprint density at radius 1 is 1.21 bits per heavy atom. The lowest BCUT2D eigenvalue weighted by Gasteiger charge is -2.22. The fourth-order valence-corrected chi connectivity index (χ4v) is 0.841. The number of rotatable bonds is 6. The Labute approximate surface area is 86.3 Å². The molecule has 0 saturated heterocycles. The lowest BCUT2D eigenvalue weighted by atomic mass is 9.90. The van der Waals surface area contributed by atoms with Gasteiger partial charge in [-0.15, -0.1) is 0 Å². The molecule has 0 spiro atoms. The van der Waals surface area contributed by atoms with Crippen molar-refractivity contribution in [2.75, 3.05) is 6.54 Å². The molecular weight excluding hydrogens is 178 g/mol. The van der Waals surface area contributed by atoms with E-state index in [-0.39, 0.29) is 17.1 Å². The van der Waals surface area contributed by atoms with Gasteiger partial charge in [0.15, 0.2) is 0 Å². The van der Waals surface area contributed by atoms with Crippen LogP contribution in [0.2, 0.25) is 0 Å². The highest BCUT2D eigenvalue weighted by Crippen LogP contribution is 2.17. The lowest BCUT2D eigenvalue weighted by molar-refractivity contribution is -0.124. The molecule has 3 nitrogen and oxygen atoms in total. The molecule has 14 heavy (non-hydrogen) atoms. The van der Waals surface area contributed by atoms with Gasteiger partial charge in [-0.2, -0.15) is 0 Å². The van der Waals surface area contributed by atoms with E-state index in [1.165, 1.54) is 6.92 Å². The van der Waals surface area contributed by atoms with E-state index in [1.54, 1.807) is 0 Å². The second-order valence-electron chi connectivity index (χ2n) is 4.50. The molecule has 0 aliphatic rings. The van der Waals surface area contributed by atoms with Crippen LogP contribution in [0.1, 0.15) is 47.0 Å². The Kier molecular flexibility index (Phi) is 5.43. The molecule has 3 heteroatoms.